The molecule has 21 heavy (non-hydrogen) atoms. The van der Waals surface area contributed by atoms with Crippen LogP contribution in [-0.4, -0.2) is 15.9 Å². The van der Waals surface area contributed by atoms with Gasteiger partial charge in [0.2, 0.25) is 0 Å². The van der Waals surface area contributed by atoms with Gasteiger partial charge in [-0.1, -0.05) is 35.6 Å². The molecule has 0 radical (unpaired) electrons. The molecule has 1 amide bonds. The Morgan fingerprint density at radius 1 is 1.00 bits per heavy atom. The number of pyridine rings is 1. The van der Waals surface area contributed by atoms with E-state index in [-0.39, 0.29) is 5.91 Å². The Balaban J connectivity index is 1.68. The van der Waals surface area contributed by atoms with Gasteiger partial charge in [0, 0.05) is 11.9 Å². The van der Waals surface area contributed by atoms with Crippen LogP contribution in [0, 0.1) is 0 Å². The molecule has 0 bridgehead atoms. The molecule has 3 aromatic rings. The van der Waals surface area contributed by atoms with E-state index in [4.69, 9.17) is 0 Å². The lowest BCUT2D eigenvalue weighted by Gasteiger charge is -2.02. The molecule has 0 spiro atoms. The first-order valence-corrected chi connectivity index (χ1v) is 7.13. The average molecular weight is 296 g/mol. The monoisotopic (exact) mass is 296 g/mol. The van der Waals surface area contributed by atoms with Crippen molar-refractivity contribution in [2.75, 3.05) is 10.6 Å². The molecular weight excluding hydrogens is 284 g/mol. The highest BCUT2D eigenvalue weighted by Gasteiger charge is 2.11. The number of hydrogen-bond donors (Lipinski definition) is 2. The fourth-order valence-corrected chi connectivity index (χ4v) is 2.42. The Bertz CT molecular complexity index is 728. The largest absolute Gasteiger partial charge is 0.321 e. The molecule has 104 valence electrons. The minimum absolute atomic E-state index is 0.173. The van der Waals surface area contributed by atoms with Crippen LogP contribution in [-0.2, 0) is 0 Å². The number of aromatic nitrogens is 2. The Labute approximate surface area is 125 Å². The molecule has 0 fully saturated rings. The van der Waals surface area contributed by atoms with Gasteiger partial charge in [0.1, 0.15) is 10.7 Å². The van der Waals surface area contributed by atoms with Crippen molar-refractivity contribution in [3.63, 3.8) is 0 Å². The topological polar surface area (TPSA) is 66.9 Å². The second-order valence-electron chi connectivity index (χ2n) is 4.19. The lowest BCUT2D eigenvalue weighted by molar-refractivity contribution is 0.103. The van der Waals surface area contributed by atoms with Gasteiger partial charge in [0.05, 0.1) is 6.20 Å². The van der Waals surface area contributed by atoms with Crippen molar-refractivity contribution >= 4 is 33.9 Å². The van der Waals surface area contributed by atoms with E-state index in [1.807, 2.05) is 48.5 Å². The van der Waals surface area contributed by atoms with Crippen LogP contribution in [0.15, 0.2) is 60.9 Å². The number of para-hydroxylation sites is 1. The molecule has 0 aliphatic rings. The van der Waals surface area contributed by atoms with E-state index in [1.54, 1.807) is 12.4 Å². The molecule has 2 aromatic heterocycles. The number of nitrogens with zero attached hydrogens (tertiary/aromatic N) is 2. The maximum absolute atomic E-state index is 12.1. The first kappa shape index (κ1) is 13.3. The van der Waals surface area contributed by atoms with Gasteiger partial charge in [-0.25, -0.2) is 9.97 Å². The summed E-state index contributed by atoms with van der Waals surface area (Å²) < 4.78 is 0. The smallest absolute Gasteiger partial charge is 0.267 e. The maximum Gasteiger partial charge on any atom is 0.267 e. The SMILES string of the molecule is O=C(Nc1ccccc1)c1cnc(Nc2ccccn2)s1. The van der Waals surface area contributed by atoms with Crippen LogP contribution in [0.5, 0.6) is 0 Å². The molecule has 5 nitrogen and oxygen atoms in total. The fourth-order valence-electron chi connectivity index (χ4n) is 1.70. The van der Waals surface area contributed by atoms with Crippen molar-refractivity contribution in [1.82, 2.24) is 9.97 Å². The Morgan fingerprint density at radius 3 is 2.57 bits per heavy atom. The molecule has 0 saturated heterocycles. The number of rotatable bonds is 4. The van der Waals surface area contributed by atoms with Crippen LogP contribution in [0.1, 0.15) is 9.67 Å². The standard InChI is InChI=1S/C15H12N4OS/c20-14(18-11-6-2-1-3-7-11)12-10-17-15(21-12)19-13-8-4-5-9-16-13/h1-10H,(H,18,20)(H,16,17,19). The number of carbonyl (C=O) groups is 1. The van der Waals surface area contributed by atoms with Crippen molar-refractivity contribution in [3.8, 4) is 0 Å². The molecule has 0 saturated carbocycles. The highest BCUT2D eigenvalue weighted by Crippen LogP contribution is 2.22. The highest BCUT2D eigenvalue weighted by molar-refractivity contribution is 7.17. The van der Waals surface area contributed by atoms with Crippen molar-refractivity contribution < 1.29 is 4.79 Å². The summed E-state index contributed by atoms with van der Waals surface area (Å²) in [6, 6.07) is 14.9. The zero-order valence-electron chi connectivity index (χ0n) is 11.0. The summed E-state index contributed by atoms with van der Waals surface area (Å²) in [6.45, 7) is 0. The molecule has 0 aliphatic heterocycles. The third-order valence-electron chi connectivity index (χ3n) is 2.66. The molecule has 2 heterocycles. The zero-order chi connectivity index (χ0) is 14.5. The molecule has 6 heteroatoms. The van der Waals surface area contributed by atoms with E-state index in [1.165, 1.54) is 11.3 Å². The van der Waals surface area contributed by atoms with Gasteiger partial charge in [-0.3, -0.25) is 4.79 Å². The van der Waals surface area contributed by atoms with Crippen LogP contribution < -0.4 is 10.6 Å². The lowest BCUT2D eigenvalue weighted by Crippen LogP contribution is -2.09. The number of hydrogen-bond acceptors (Lipinski definition) is 5. The van der Waals surface area contributed by atoms with E-state index in [0.29, 0.717) is 15.8 Å². The van der Waals surface area contributed by atoms with Crippen molar-refractivity contribution in [3.05, 3.63) is 65.8 Å². The fraction of sp³-hybridized carbons (Fsp3) is 0. The highest BCUT2D eigenvalue weighted by atomic mass is 32.1. The predicted octanol–water partition coefficient (Wildman–Crippen LogP) is 3.53. The van der Waals surface area contributed by atoms with E-state index < -0.39 is 0 Å². The maximum atomic E-state index is 12.1. The molecular formula is C15H12N4OS. The zero-order valence-corrected chi connectivity index (χ0v) is 11.8. The Morgan fingerprint density at radius 2 is 1.81 bits per heavy atom. The van der Waals surface area contributed by atoms with Crippen LogP contribution >= 0.6 is 11.3 Å². The van der Waals surface area contributed by atoms with Gasteiger partial charge >= 0.3 is 0 Å². The summed E-state index contributed by atoms with van der Waals surface area (Å²) >= 11 is 1.28. The molecule has 0 unspecified atom stereocenters. The van der Waals surface area contributed by atoms with Crippen LogP contribution in [0.3, 0.4) is 0 Å². The van der Waals surface area contributed by atoms with E-state index in [0.717, 1.165) is 5.69 Å². The number of amides is 1. The number of thiazole rings is 1. The summed E-state index contributed by atoms with van der Waals surface area (Å²) in [6.07, 6.45) is 3.24. The normalized spacial score (nSPS) is 10.1. The molecule has 1 aromatic carbocycles. The van der Waals surface area contributed by atoms with Crippen LogP contribution in [0.4, 0.5) is 16.6 Å². The predicted molar refractivity (Wildman–Crippen MR) is 84.0 cm³/mol. The van der Waals surface area contributed by atoms with Gasteiger partial charge in [0.15, 0.2) is 5.13 Å². The minimum atomic E-state index is -0.173. The molecule has 0 atom stereocenters. The van der Waals surface area contributed by atoms with Gasteiger partial charge in [-0.05, 0) is 24.3 Å². The average Bonchev–Trinajstić information content (AvgIpc) is 2.98. The molecule has 0 aliphatic carbocycles. The third-order valence-corrected chi connectivity index (χ3v) is 3.57. The molecule has 3 rings (SSSR count). The summed E-state index contributed by atoms with van der Waals surface area (Å²) in [5.41, 5.74) is 0.759. The minimum Gasteiger partial charge on any atom is -0.321 e. The number of benzene rings is 1. The lowest BCUT2D eigenvalue weighted by atomic mass is 10.3. The summed E-state index contributed by atoms with van der Waals surface area (Å²) in [7, 11) is 0. The van der Waals surface area contributed by atoms with Gasteiger partial charge < -0.3 is 10.6 Å². The van der Waals surface area contributed by atoms with Gasteiger partial charge in [-0.15, -0.1) is 0 Å². The second kappa shape index (κ2) is 6.15. The van der Waals surface area contributed by atoms with Gasteiger partial charge in [0.25, 0.3) is 5.91 Å². The first-order valence-electron chi connectivity index (χ1n) is 6.31. The summed E-state index contributed by atoms with van der Waals surface area (Å²) in [4.78, 5) is 21.0. The van der Waals surface area contributed by atoms with E-state index in [9.17, 15) is 4.79 Å². The molecule has 2 N–H and O–H groups in total. The number of nitrogens with one attached hydrogen (secondary N) is 2. The van der Waals surface area contributed by atoms with Crippen molar-refractivity contribution in [2.45, 2.75) is 0 Å². The first-order chi connectivity index (χ1) is 10.3. The number of carbonyl (C=O) groups excluding carboxylic acids is 1. The van der Waals surface area contributed by atoms with Gasteiger partial charge in [-0.2, -0.15) is 0 Å². The van der Waals surface area contributed by atoms with E-state index >= 15 is 0 Å². The van der Waals surface area contributed by atoms with E-state index in [2.05, 4.69) is 20.6 Å². The summed E-state index contributed by atoms with van der Waals surface area (Å²) in [5.74, 6) is 0.523. The van der Waals surface area contributed by atoms with Crippen molar-refractivity contribution in [1.29, 1.82) is 0 Å². The third kappa shape index (κ3) is 3.43. The van der Waals surface area contributed by atoms with Crippen LogP contribution in [0.25, 0.3) is 0 Å². The second-order valence-corrected chi connectivity index (χ2v) is 5.22. The summed E-state index contributed by atoms with van der Waals surface area (Å²) in [5, 5.41) is 6.51. The Kier molecular flexibility index (Phi) is 3.88. The van der Waals surface area contributed by atoms with Crippen LogP contribution in [0.2, 0.25) is 0 Å². The number of anilines is 3. The Hall–Kier alpha value is -2.73. The van der Waals surface area contributed by atoms with Crippen molar-refractivity contribution in [2.24, 2.45) is 0 Å². The quantitative estimate of drug-likeness (QED) is 0.773.